The maximum Gasteiger partial charge on any atom is 0.272 e. The molecule has 0 aliphatic carbocycles. The lowest BCUT2D eigenvalue weighted by Crippen LogP contribution is -2.61. The van der Waals surface area contributed by atoms with E-state index in [9.17, 15) is 4.79 Å². The third kappa shape index (κ3) is 2.34. The van der Waals surface area contributed by atoms with Crippen molar-refractivity contribution in [1.82, 2.24) is 9.88 Å². The van der Waals surface area contributed by atoms with Gasteiger partial charge in [-0.05, 0) is 23.6 Å². The Balaban J connectivity index is 1.99. The van der Waals surface area contributed by atoms with E-state index in [0.29, 0.717) is 18.7 Å². The summed E-state index contributed by atoms with van der Waals surface area (Å²) in [6, 6.07) is 7.43. The number of hydrogen-bond donors (Lipinski definition) is 3. The number of aromatic nitrogens is 1. The van der Waals surface area contributed by atoms with Crippen molar-refractivity contribution >= 4 is 16.8 Å². The predicted octanol–water partition coefficient (Wildman–Crippen LogP) is 1.62. The number of benzene rings is 1. The first-order valence-electron chi connectivity index (χ1n) is 7.29. The van der Waals surface area contributed by atoms with Gasteiger partial charge in [-0.1, -0.05) is 19.9 Å². The molecular weight excluding hydrogens is 280 g/mol. The monoisotopic (exact) mass is 302 g/mol. The molecule has 0 spiro atoms. The number of aromatic amines is 1. The Morgan fingerprint density at radius 1 is 1.36 bits per heavy atom. The minimum absolute atomic E-state index is 0.0944. The number of nitrogens with one attached hydrogen (secondary N) is 1. The van der Waals surface area contributed by atoms with Crippen LogP contribution in [0.2, 0.25) is 0 Å². The molecule has 0 atom stereocenters. The Morgan fingerprint density at radius 2 is 2.09 bits per heavy atom. The zero-order valence-electron chi connectivity index (χ0n) is 13.1. The lowest BCUT2D eigenvalue weighted by atomic mass is 9.91. The first kappa shape index (κ1) is 14.9. The SMILES string of the molecule is COc1cccc2[nH]c(C(=O)N3CC(C)(C)CC3(N)N)cc12. The molecule has 6 heteroatoms. The van der Waals surface area contributed by atoms with Gasteiger partial charge in [-0.15, -0.1) is 0 Å². The molecule has 3 rings (SSSR count). The largest absolute Gasteiger partial charge is 0.496 e. The van der Waals surface area contributed by atoms with Gasteiger partial charge in [0.05, 0.1) is 7.11 Å². The Kier molecular flexibility index (Phi) is 3.19. The van der Waals surface area contributed by atoms with Crippen molar-refractivity contribution in [1.29, 1.82) is 0 Å². The van der Waals surface area contributed by atoms with E-state index in [4.69, 9.17) is 16.2 Å². The Labute approximate surface area is 129 Å². The van der Waals surface area contributed by atoms with E-state index in [1.54, 1.807) is 18.1 Å². The molecule has 0 saturated carbocycles. The molecule has 22 heavy (non-hydrogen) atoms. The molecule has 2 heterocycles. The van der Waals surface area contributed by atoms with Crippen molar-refractivity contribution < 1.29 is 9.53 Å². The smallest absolute Gasteiger partial charge is 0.272 e. The highest BCUT2D eigenvalue weighted by Gasteiger charge is 2.47. The number of hydrogen-bond acceptors (Lipinski definition) is 4. The molecule has 1 amide bonds. The van der Waals surface area contributed by atoms with Gasteiger partial charge in [0.2, 0.25) is 0 Å². The standard InChI is InChI=1S/C16H22N4O2/c1-15(2)8-16(17,18)20(9-15)14(21)12-7-10-11(19-12)5-4-6-13(10)22-3/h4-7,19H,8-9,17-18H2,1-3H3. The average Bonchev–Trinajstić information content (AvgIpc) is 2.95. The Bertz CT molecular complexity index is 733. The molecule has 1 aromatic carbocycles. The molecule has 1 aromatic heterocycles. The second kappa shape index (κ2) is 4.72. The van der Waals surface area contributed by atoms with Crippen LogP contribution in [0.15, 0.2) is 24.3 Å². The third-order valence-corrected chi connectivity index (χ3v) is 4.17. The van der Waals surface area contributed by atoms with E-state index in [2.05, 4.69) is 18.8 Å². The van der Waals surface area contributed by atoms with Crippen LogP contribution in [0.25, 0.3) is 10.9 Å². The summed E-state index contributed by atoms with van der Waals surface area (Å²) < 4.78 is 5.33. The summed E-state index contributed by atoms with van der Waals surface area (Å²) in [5.41, 5.74) is 13.5. The number of nitrogens with zero attached hydrogens (tertiary/aromatic N) is 1. The van der Waals surface area contributed by atoms with Crippen molar-refractivity contribution in [2.75, 3.05) is 13.7 Å². The third-order valence-electron chi connectivity index (χ3n) is 4.17. The van der Waals surface area contributed by atoms with Crippen LogP contribution < -0.4 is 16.2 Å². The van der Waals surface area contributed by atoms with E-state index in [0.717, 1.165) is 16.7 Å². The highest BCUT2D eigenvalue weighted by atomic mass is 16.5. The van der Waals surface area contributed by atoms with Gasteiger partial charge in [0.1, 0.15) is 17.2 Å². The molecule has 0 bridgehead atoms. The quantitative estimate of drug-likeness (QED) is 0.734. The molecule has 1 aliphatic rings. The van der Waals surface area contributed by atoms with Crippen LogP contribution in [0, 0.1) is 5.41 Å². The molecule has 1 aliphatic heterocycles. The number of H-pyrrole nitrogens is 1. The maximum absolute atomic E-state index is 12.8. The molecule has 1 fully saturated rings. The highest BCUT2D eigenvalue weighted by Crippen LogP contribution is 2.37. The number of likely N-dealkylation sites (tertiary alicyclic amines) is 1. The van der Waals surface area contributed by atoms with E-state index in [1.165, 1.54) is 0 Å². The van der Waals surface area contributed by atoms with Gasteiger partial charge in [0.15, 0.2) is 0 Å². The molecule has 2 aromatic rings. The molecular formula is C16H22N4O2. The average molecular weight is 302 g/mol. The van der Waals surface area contributed by atoms with E-state index < -0.39 is 5.79 Å². The molecule has 6 nitrogen and oxygen atoms in total. The summed E-state index contributed by atoms with van der Waals surface area (Å²) in [4.78, 5) is 17.5. The number of amides is 1. The summed E-state index contributed by atoms with van der Waals surface area (Å²) in [7, 11) is 1.61. The van der Waals surface area contributed by atoms with Crippen LogP contribution in [-0.4, -0.2) is 35.2 Å². The first-order valence-corrected chi connectivity index (χ1v) is 7.29. The van der Waals surface area contributed by atoms with E-state index in [1.807, 2.05) is 18.2 Å². The number of fused-ring (bicyclic) bond motifs is 1. The minimum Gasteiger partial charge on any atom is -0.496 e. The summed E-state index contributed by atoms with van der Waals surface area (Å²) in [6.07, 6.45) is 0.565. The lowest BCUT2D eigenvalue weighted by Gasteiger charge is -2.30. The van der Waals surface area contributed by atoms with Crippen LogP contribution >= 0.6 is 0 Å². The summed E-state index contributed by atoms with van der Waals surface area (Å²) in [6.45, 7) is 4.65. The zero-order chi connectivity index (χ0) is 16.1. The zero-order valence-corrected chi connectivity index (χ0v) is 13.1. The fourth-order valence-corrected chi connectivity index (χ4v) is 3.32. The topological polar surface area (TPSA) is 97.4 Å². The number of nitrogens with two attached hydrogens (primary N) is 2. The normalized spacial score (nSPS) is 19.6. The van der Waals surface area contributed by atoms with Crippen molar-refractivity contribution in [2.45, 2.75) is 26.1 Å². The minimum atomic E-state index is -1.12. The molecule has 5 N–H and O–H groups in total. The van der Waals surface area contributed by atoms with Gasteiger partial charge in [-0.2, -0.15) is 0 Å². The second-order valence-electron chi connectivity index (χ2n) is 6.83. The predicted molar refractivity (Wildman–Crippen MR) is 85.4 cm³/mol. The number of rotatable bonds is 2. The lowest BCUT2D eigenvalue weighted by molar-refractivity contribution is 0.0605. The van der Waals surface area contributed by atoms with Crippen molar-refractivity contribution in [3.8, 4) is 5.75 Å². The number of carbonyl (C=O) groups is 1. The molecule has 1 saturated heterocycles. The fraction of sp³-hybridized carbons (Fsp3) is 0.438. The number of carbonyl (C=O) groups excluding carboxylic acids is 1. The van der Waals surface area contributed by atoms with Crippen LogP contribution in [0.5, 0.6) is 5.75 Å². The summed E-state index contributed by atoms with van der Waals surface area (Å²) in [5, 5.41) is 0.867. The van der Waals surface area contributed by atoms with E-state index >= 15 is 0 Å². The van der Waals surface area contributed by atoms with Crippen molar-refractivity contribution in [3.63, 3.8) is 0 Å². The highest BCUT2D eigenvalue weighted by molar-refractivity contribution is 6.00. The van der Waals surface area contributed by atoms with Gasteiger partial charge in [0, 0.05) is 23.9 Å². The van der Waals surface area contributed by atoms with Crippen LogP contribution in [0.1, 0.15) is 30.8 Å². The maximum atomic E-state index is 12.8. The van der Waals surface area contributed by atoms with Crippen LogP contribution in [0.3, 0.4) is 0 Å². The van der Waals surface area contributed by atoms with Gasteiger partial charge in [-0.25, -0.2) is 0 Å². The van der Waals surface area contributed by atoms with Crippen molar-refractivity contribution in [2.24, 2.45) is 16.9 Å². The molecule has 0 radical (unpaired) electrons. The van der Waals surface area contributed by atoms with Crippen LogP contribution in [-0.2, 0) is 0 Å². The van der Waals surface area contributed by atoms with Crippen molar-refractivity contribution in [3.05, 3.63) is 30.0 Å². The first-order chi connectivity index (χ1) is 10.2. The Morgan fingerprint density at radius 3 is 2.68 bits per heavy atom. The van der Waals surface area contributed by atoms with Gasteiger partial charge in [-0.3, -0.25) is 16.3 Å². The second-order valence-corrected chi connectivity index (χ2v) is 6.83. The van der Waals surface area contributed by atoms with Gasteiger partial charge < -0.3 is 14.6 Å². The van der Waals surface area contributed by atoms with E-state index in [-0.39, 0.29) is 11.3 Å². The molecule has 0 unspecified atom stereocenters. The molecule has 118 valence electrons. The fourth-order valence-electron chi connectivity index (χ4n) is 3.32. The summed E-state index contributed by atoms with van der Waals surface area (Å²) >= 11 is 0. The number of ether oxygens (including phenoxy) is 1. The van der Waals surface area contributed by atoms with Gasteiger partial charge >= 0.3 is 0 Å². The van der Waals surface area contributed by atoms with Gasteiger partial charge in [0.25, 0.3) is 5.91 Å². The Hall–Kier alpha value is -2.05. The number of methoxy groups -OCH3 is 1. The summed E-state index contributed by atoms with van der Waals surface area (Å²) in [5.74, 6) is -0.586. The van der Waals surface area contributed by atoms with Crippen LogP contribution in [0.4, 0.5) is 0 Å².